The van der Waals surface area contributed by atoms with Crippen molar-refractivity contribution < 1.29 is 5.11 Å². The van der Waals surface area contributed by atoms with Gasteiger partial charge in [0.25, 0.3) is 0 Å². The molecular formula is C10H13N3O. The first-order valence-electron chi connectivity index (χ1n) is 4.50. The largest absolute Gasteiger partial charge is 0.396 e. The van der Waals surface area contributed by atoms with Crippen LogP contribution in [-0.2, 0) is 0 Å². The number of nitrogens with one attached hydrogen (secondary N) is 1. The zero-order chi connectivity index (χ0) is 10.4. The fourth-order valence-corrected chi connectivity index (χ4v) is 1.10. The van der Waals surface area contributed by atoms with E-state index in [1.807, 2.05) is 13.0 Å². The SMILES string of the molecule is C[C@@H](CCO)Nc1cc(C#N)ccn1. The molecule has 0 spiro atoms. The van der Waals surface area contributed by atoms with Crippen LogP contribution in [0, 0.1) is 11.3 Å². The molecule has 1 rings (SSSR count). The van der Waals surface area contributed by atoms with Gasteiger partial charge in [-0.25, -0.2) is 4.98 Å². The van der Waals surface area contributed by atoms with E-state index in [-0.39, 0.29) is 12.6 Å². The summed E-state index contributed by atoms with van der Waals surface area (Å²) in [6, 6.07) is 5.54. The molecule has 0 bridgehead atoms. The van der Waals surface area contributed by atoms with Gasteiger partial charge in [0, 0.05) is 18.8 Å². The molecule has 74 valence electrons. The van der Waals surface area contributed by atoms with E-state index in [1.165, 1.54) is 0 Å². The van der Waals surface area contributed by atoms with Crippen LogP contribution in [0.3, 0.4) is 0 Å². The number of aliphatic hydroxyl groups excluding tert-OH is 1. The lowest BCUT2D eigenvalue weighted by atomic mass is 10.2. The molecule has 0 saturated carbocycles. The van der Waals surface area contributed by atoms with E-state index in [1.54, 1.807) is 18.3 Å². The van der Waals surface area contributed by atoms with Crippen LogP contribution in [0.25, 0.3) is 0 Å². The minimum atomic E-state index is 0.145. The number of anilines is 1. The summed E-state index contributed by atoms with van der Waals surface area (Å²) in [5.74, 6) is 0.671. The summed E-state index contributed by atoms with van der Waals surface area (Å²) >= 11 is 0. The second kappa shape index (κ2) is 5.20. The number of nitriles is 1. The number of nitrogens with zero attached hydrogens (tertiary/aromatic N) is 2. The third kappa shape index (κ3) is 3.04. The molecule has 0 aromatic carbocycles. The number of aromatic nitrogens is 1. The van der Waals surface area contributed by atoms with Crippen LogP contribution < -0.4 is 5.32 Å². The van der Waals surface area contributed by atoms with Crippen molar-refractivity contribution in [2.24, 2.45) is 0 Å². The average Bonchev–Trinajstić information content (AvgIpc) is 2.18. The first-order chi connectivity index (χ1) is 6.76. The van der Waals surface area contributed by atoms with E-state index in [9.17, 15) is 0 Å². The van der Waals surface area contributed by atoms with Crippen molar-refractivity contribution in [1.29, 1.82) is 5.26 Å². The normalized spacial score (nSPS) is 11.8. The van der Waals surface area contributed by atoms with Crippen LogP contribution in [-0.4, -0.2) is 22.7 Å². The van der Waals surface area contributed by atoms with Crippen LogP contribution >= 0.6 is 0 Å². The van der Waals surface area contributed by atoms with Crippen LogP contribution in [0.4, 0.5) is 5.82 Å². The number of rotatable bonds is 4. The predicted molar refractivity (Wildman–Crippen MR) is 53.7 cm³/mol. The topological polar surface area (TPSA) is 68.9 Å². The van der Waals surface area contributed by atoms with Crippen molar-refractivity contribution in [2.75, 3.05) is 11.9 Å². The van der Waals surface area contributed by atoms with Gasteiger partial charge in [-0.15, -0.1) is 0 Å². The van der Waals surface area contributed by atoms with Gasteiger partial charge in [-0.1, -0.05) is 0 Å². The summed E-state index contributed by atoms with van der Waals surface area (Å²) in [5, 5.41) is 20.5. The minimum Gasteiger partial charge on any atom is -0.396 e. The smallest absolute Gasteiger partial charge is 0.127 e. The summed E-state index contributed by atoms with van der Waals surface area (Å²) in [5.41, 5.74) is 0.582. The van der Waals surface area contributed by atoms with Crippen molar-refractivity contribution in [1.82, 2.24) is 4.98 Å². The van der Waals surface area contributed by atoms with Gasteiger partial charge < -0.3 is 10.4 Å². The Morgan fingerprint density at radius 2 is 2.50 bits per heavy atom. The van der Waals surface area contributed by atoms with E-state index in [0.29, 0.717) is 17.8 Å². The van der Waals surface area contributed by atoms with Crippen LogP contribution in [0.2, 0.25) is 0 Å². The van der Waals surface area contributed by atoms with Crippen molar-refractivity contribution in [2.45, 2.75) is 19.4 Å². The maximum absolute atomic E-state index is 8.70. The van der Waals surface area contributed by atoms with E-state index >= 15 is 0 Å². The molecule has 4 heteroatoms. The first kappa shape index (κ1) is 10.5. The van der Waals surface area contributed by atoms with Gasteiger partial charge >= 0.3 is 0 Å². The Morgan fingerprint density at radius 1 is 1.71 bits per heavy atom. The summed E-state index contributed by atoms with van der Waals surface area (Å²) in [6.45, 7) is 2.10. The minimum absolute atomic E-state index is 0.145. The van der Waals surface area contributed by atoms with E-state index in [4.69, 9.17) is 10.4 Å². The number of hydrogen-bond donors (Lipinski definition) is 2. The monoisotopic (exact) mass is 191 g/mol. The van der Waals surface area contributed by atoms with Crippen molar-refractivity contribution in [3.8, 4) is 6.07 Å². The Kier molecular flexibility index (Phi) is 3.89. The molecule has 0 amide bonds. The Balaban J connectivity index is 2.63. The highest BCUT2D eigenvalue weighted by Gasteiger charge is 2.02. The lowest BCUT2D eigenvalue weighted by Gasteiger charge is -2.12. The molecule has 0 aliphatic rings. The molecule has 0 aliphatic carbocycles. The summed E-state index contributed by atoms with van der Waals surface area (Å²) < 4.78 is 0. The molecule has 1 atom stereocenters. The van der Waals surface area contributed by atoms with Crippen LogP contribution in [0.1, 0.15) is 18.9 Å². The molecule has 0 saturated heterocycles. The fraction of sp³-hybridized carbons (Fsp3) is 0.400. The van der Waals surface area contributed by atoms with Gasteiger partial charge in [0.05, 0.1) is 11.6 Å². The lowest BCUT2D eigenvalue weighted by molar-refractivity contribution is 0.282. The molecule has 1 aromatic rings. The number of pyridine rings is 1. The molecule has 2 N–H and O–H groups in total. The van der Waals surface area contributed by atoms with E-state index < -0.39 is 0 Å². The summed E-state index contributed by atoms with van der Waals surface area (Å²) in [6.07, 6.45) is 2.25. The number of aliphatic hydroxyl groups is 1. The van der Waals surface area contributed by atoms with Crippen LogP contribution in [0.15, 0.2) is 18.3 Å². The standard InChI is InChI=1S/C10H13N3O/c1-8(3-5-14)13-10-6-9(7-11)2-4-12-10/h2,4,6,8,14H,3,5H2,1H3,(H,12,13)/t8-/m0/s1. The Hall–Kier alpha value is -1.60. The Labute approximate surface area is 83.2 Å². The van der Waals surface area contributed by atoms with Crippen molar-refractivity contribution in [3.05, 3.63) is 23.9 Å². The van der Waals surface area contributed by atoms with Gasteiger partial charge in [0.2, 0.25) is 0 Å². The fourth-order valence-electron chi connectivity index (χ4n) is 1.10. The zero-order valence-corrected chi connectivity index (χ0v) is 8.07. The molecule has 0 unspecified atom stereocenters. The highest BCUT2D eigenvalue weighted by Crippen LogP contribution is 2.07. The third-order valence-electron chi connectivity index (χ3n) is 1.85. The van der Waals surface area contributed by atoms with Crippen molar-refractivity contribution in [3.63, 3.8) is 0 Å². The van der Waals surface area contributed by atoms with E-state index in [0.717, 1.165) is 0 Å². The van der Waals surface area contributed by atoms with Gasteiger partial charge in [-0.05, 0) is 25.5 Å². The van der Waals surface area contributed by atoms with Crippen LogP contribution in [0.5, 0.6) is 0 Å². The summed E-state index contributed by atoms with van der Waals surface area (Å²) in [7, 11) is 0. The molecule has 0 aliphatic heterocycles. The van der Waals surface area contributed by atoms with Crippen molar-refractivity contribution >= 4 is 5.82 Å². The van der Waals surface area contributed by atoms with E-state index in [2.05, 4.69) is 10.3 Å². The second-order valence-corrected chi connectivity index (χ2v) is 3.10. The zero-order valence-electron chi connectivity index (χ0n) is 8.07. The molecule has 1 heterocycles. The molecular weight excluding hydrogens is 178 g/mol. The molecule has 0 fully saturated rings. The maximum atomic E-state index is 8.70. The molecule has 0 radical (unpaired) electrons. The Bertz CT molecular complexity index is 332. The highest BCUT2D eigenvalue weighted by atomic mass is 16.3. The molecule has 1 aromatic heterocycles. The third-order valence-corrected chi connectivity index (χ3v) is 1.85. The lowest BCUT2D eigenvalue weighted by Crippen LogP contribution is -2.17. The summed E-state index contributed by atoms with van der Waals surface area (Å²) in [4.78, 5) is 4.07. The Morgan fingerprint density at radius 3 is 3.14 bits per heavy atom. The average molecular weight is 191 g/mol. The quantitative estimate of drug-likeness (QED) is 0.748. The van der Waals surface area contributed by atoms with Gasteiger partial charge in [0.15, 0.2) is 0 Å². The second-order valence-electron chi connectivity index (χ2n) is 3.10. The number of hydrogen-bond acceptors (Lipinski definition) is 4. The van der Waals surface area contributed by atoms with Gasteiger partial charge in [-0.2, -0.15) is 5.26 Å². The molecule has 4 nitrogen and oxygen atoms in total. The van der Waals surface area contributed by atoms with Gasteiger partial charge in [0.1, 0.15) is 5.82 Å². The first-order valence-corrected chi connectivity index (χ1v) is 4.50. The highest BCUT2D eigenvalue weighted by molar-refractivity contribution is 5.42. The van der Waals surface area contributed by atoms with Gasteiger partial charge in [-0.3, -0.25) is 0 Å². The maximum Gasteiger partial charge on any atom is 0.127 e. The predicted octanol–water partition coefficient (Wildman–Crippen LogP) is 1.14. The molecule has 14 heavy (non-hydrogen) atoms.